The average Bonchev–Trinajstić information content (AvgIpc) is 3.51. The second-order valence-corrected chi connectivity index (χ2v) is 12.0. The van der Waals surface area contributed by atoms with E-state index in [4.69, 9.17) is 29.2 Å². The summed E-state index contributed by atoms with van der Waals surface area (Å²) in [4.78, 5) is 42.7. The normalized spacial score (nSPS) is 16.2. The largest absolute Gasteiger partial charge is 0.490 e. The van der Waals surface area contributed by atoms with Crippen molar-refractivity contribution in [3.63, 3.8) is 0 Å². The molecule has 2 aliphatic heterocycles. The van der Waals surface area contributed by atoms with Gasteiger partial charge in [0.15, 0.2) is 0 Å². The number of aromatic nitrogens is 1. The predicted octanol–water partition coefficient (Wildman–Crippen LogP) is 6.20. The van der Waals surface area contributed by atoms with Gasteiger partial charge in [-0.1, -0.05) is 60.7 Å². The third-order valence-electron chi connectivity index (χ3n) is 8.11. The lowest BCUT2D eigenvalue weighted by Gasteiger charge is -2.38. The molecular formula is C35H40F6N4O6. The van der Waals surface area contributed by atoms with Gasteiger partial charge >= 0.3 is 24.3 Å². The molecule has 3 heterocycles. The highest BCUT2D eigenvalue weighted by Gasteiger charge is 2.39. The fraction of sp³-hybridized carbons (Fsp3) is 0.429. The number of alkyl halides is 6. The lowest BCUT2D eigenvalue weighted by molar-refractivity contribution is -0.193. The van der Waals surface area contributed by atoms with E-state index in [1.165, 1.54) is 32.5 Å². The zero-order valence-electron chi connectivity index (χ0n) is 27.9. The predicted molar refractivity (Wildman–Crippen MR) is 176 cm³/mol. The number of hydrogen-bond acceptors (Lipinski definition) is 7. The van der Waals surface area contributed by atoms with Gasteiger partial charge in [-0.05, 0) is 50.5 Å². The monoisotopic (exact) mass is 726 g/mol. The number of amides is 1. The van der Waals surface area contributed by atoms with Gasteiger partial charge in [0.2, 0.25) is 11.8 Å². The zero-order valence-corrected chi connectivity index (χ0v) is 27.9. The molecule has 5 rings (SSSR count). The maximum atomic E-state index is 13.1. The molecular weight excluding hydrogens is 686 g/mol. The van der Waals surface area contributed by atoms with E-state index in [1.807, 2.05) is 77.7 Å². The molecule has 0 radical (unpaired) electrons. The van der Waals surface area contributed by atoms with Crippen molar-refractivity contribution < 1.29 is 55.4 Å². The number of carbonyl (C=O) groups is 3. The Morgan fingerprint density at radius 2 is 1.31 bits per heavy atom. The number of hydrogen-bond donors (Lipinski definition) is 2. The Morgan fingerprint density at radius 1 is 0.804 bits per heavy atom. The number of piperazine rings is 1. The number of rotatable bonds is 8. The van der Waals surface area contributed by atoms with Crippen LogP contribution in [0.5, 0.6) is 0 Å². The maximum Gasteiger partial charge on any atom is 0.490 e. The highest BCUT2D eigenvalue weighted by Crippen LogP contribution is 2.27. The van der Waals surface area contributed by atoms with E-state index in [2.05, 4.69) is 16.8 Å². The summed E-state index contributed by atoms with van der Waals surface area (Å²) in [5, 5.41) is 14.2. The first kappa shape index (κ1) is 40.7. The highest BCUT2D eigenvalue weighted by molar-refractivity contribution is 5.77. The second kappa shape index (κ2) is 19.1. The summed E-state index contributed by atoms with van der Waals surface area (Å²) in [6.07, 6.45) is -2.70. The Kier molecular flexibility index (Phi) is 15.2. The molecule has 0 atom stereocenters. The van der Waals surface area contributed by atoms with Crippen molar-refractivity contribution in [3.05, 3.63) is 77.9 Å². The summed E-state index contributed by atoms with van der Waals surface area (Å²) in [5.41, 5.74) is 2.92. The van der Waals surface area contributed by atoms with Crippen molar-refractivity contribution in [3.8, 4) is 11.3 Å². The summed E-state index contributed by atoms with van der Waals surface area (Å²) in [5.74, 6) is -3.18. The average molecular weight is 727 g/mol. The molecule has 1 amide bonds. The van der Waals surface area contributed by atoms with Crippen LogP contribution in [0.1, 0.15) is 36.5 Å². The molecule has 0 aliphatic carbocycles. The quantitative estimate of drug-likeness (QED) is 0.261. The minimum atomic E-state index is -5.08. The van der Waals surface area contributed by atoms with Crippen LogP contribution < -0.4 is 0 Å². The smallest absolute Gasteiger partial charge is 0.475 e. The molecule has 51 heavy (non-hydrogen) atoms. The van der Waals surface area contributed by atoms with Crippen molar-refractivity contribution >= 4 is 30.0 Å². The van der Waals surface area contributed by atoms with Gasteiger partial charge in [-0.15, -0.1) is 0 Å². The number of aryl methyl sites for hydroxylation is 1. The summed E-state index contributed by atoms with van der Waals surface area (Å²) in [7, 11) is 2.21. The summed E-state index contributed by atoms with van der Waals surface area (Å²) >= 11 is 0. The van der Waals surface area contributed by atoms with Gasteiger partial charge in [0, 0.05) is 57.2 Å². The van der Waals surface area contributed by atoms with Gasteiger partial charge < -0.3 is 24.4 Å². The fourth-order valence-corrected chi connectivity index (χ4v) is 5.33. The Bertz CT molecular complexity index is 1540. The van der Waals surface area contributed by atoms with E-state index in [1.54, 1.807) is 0 Å². The summed E-state index contributed by atoms with van der Waals surface area (Å²) < 4.78 is 69.6. The third kappa shape index (κ3) is 14.2. The van der Waals surface area contributed by atoms with Crippen molar-refractivity contribution in [2.24, 2.45) is 5.92 Å². The Labute approximate surface area is 291 Å². The van der Waals surface area contributed by atoms with Crippen LogP contribution in [0.15, 0.2) is 65.1 Å². The second-order valence-electron chi connectivity index (χ2n) is 12.0. The molecule has 0 bridgehead atoms. The number of carboxylic acids is 2. The molecule has 0 unspecified atom stereocenters. The van der Waals surface area contributed by atoms with Crippen LogP contribution in [0.3, 0.4) is 0 Å². The lowest BCUT2D eigenvalue weighted by Crippen LogP contribution is -2.50. The van der Waals surface area contributed by atoms with E-state index in [9.17, 15) is 31.1 Å². The number of aliphatic carboxylic acids is 2. The zero-order chi connectivity index (χ0) is 37.6. The molecule has 278 valence electrons. The molecule has 2 aromatic carbocycles. The minimum absolute atomic E-state index is 0.204. The van der Waals surface area contributed by atoms with Gasteiger partial charge in [0.1, 0.15) is 11.5 Å². The first-order valence-corrected chi connectivity index (χ1v) is 16.1. The number of halogens is 6. The molecule has 2 N–H and O–H groups in total. The third-order valence-corrected chi connectivity index (χ3v) is 8.11. The minimum Gasteiger partial charge on any atom is -0.475 e. The van der Waals surface area contributed by atoms with Crippen LogP contribution in [0.2, 0.25) is 0 Å². The summed E-state index contributed by atoms with van der Waals surface area (Å²) in [6.45, 7) is 7.18. The van der Waals surface area contributed by atoms with E-state index in [-0.39, 0.29) is 5.91 Å². The van der Waals surface area contributed by atoms with Crippen LogP contribution in [0.25, 0.3) is 23.4 Å². The maximum absolute atomic E-state index is 13.1. The van der Waals surface area contributed by atoms with Gasteiger partial charge in [-0.3, -0.25) is 9.69 Å². The molecule has 0 spiro atoms. The summed E-state index contributed by atoms with van der Waals surface area (Å²) in [6, 6.07) is 20.2. The molecule has 16 heteroatoms. The SMILES string of the molecule is CN1CCC(CN2CCN(C(=O)CCc3oc(/C=C/c4ccccc4)nc3-c3ccccc3)CC2)CC1.O=C(O)C(F)(F)F.O=C(O)C(F)(F)F. The first-order chi connectivity index (χ1) is 24.0. The van der Waals surface area contributed by atoms with Crippen LogP contribution in [0, 0.1) is 5.92 Å². The Hall–Kier alpha value is -4.70. The molecule has 0 saturated carbocycles. The first-order valence-electron chi connectivity index (χ1n) is 16.1. The molecule has 3 aromatic rings. The molecule has 2 aliphatic rings. The van der Waals surface area contributed by atoms with Crippen LogP contribution in [-0.4, -0.2) is 113 Å². The standard InChI is InChI=1S/C31H38N4O2.2C2HF3O2/c1-33-18-16-26(17-19-33)24-34-20-22-35(23-21-34)30(36)15-13-28-31(27-10-6-3-7-11-27)32-29(37-28)14-12-25-8-4-2-5-9-25;2*3-2(4,5)1(6)7/h2-12,14,26H,13,15-24H2,1H3;2*(H,6,7)/b14-12+;;. The number of piperidine rings is 1. The molecule has 10 nitrogen and oxygen atoms in total. The van der Waals surface area contributed by atoms with Gasteiger partial charge in [0.25, 0.3) is 0 Å². The van der Waals surface area contributed by atoms with Gasteiger partial charge in [0.05, 0.1) is 0 Å². The lowest BCUT2D eigenvalue weighted by atomic mass is 9.96. The van der Waals surface area contributed by atoms with Crippen molar-refractivity contribution in [1.29, 1.82) is 0 Å². The fourth-order valence-electron chi connectivity index (χ4n) is 5.33. The Morgan fingerprint density at radius 3 is 1.82 bits per heavy atom. The Balaban J connectivity index is 0.000000424. The van der Waals surface area contributed by atoms with Crippen LogP contribution >= 0.6 is 0 Å². The van der Waals surface area contributed by atoms with Crippen molar-refractivity contribution in [1.82, 2.24) is 19.7 Å². The van der Waals surface area contributed by atoms with E-state index in [0.29, 0.717) is 18.7 Å². The topological polar surface area (TPSA) is 127 Å². The number of nitrogens with zero attached hydrogens (tertiary/aromatic N) is 4. The van der Waals surface area contributed by atoms with Crippen molar-refractivity contribution in [2.45, 2.75) is 38.0 Å². The van der Waals surface area contributed by atoms with Gasteiger partial charge in [-0.25, -0.2) is 14.6 Å². The number of benzene rings is 2. The van der Waals surface area contributed by atoms with Gasteiger partial charge in [-0.2, -0.15) is 26.3 Å². The number of carbonyl (C=O) groups excluding carboxylic acids is 1. The molecule has 1 aromatic heterocycles. The van der Waals surface area contributed by atoms with Crippen LogP contribution in [-0.2, 0) is 20.8 Å². The van der Waals surface area contributed by atoms with Crippen LogP contribution in [0.4, 0.5) is 26.3 Å². The van der Waals surface area contributed by atoms with E-state index < -0.39 is 24.3 Å². The highest BCUT2D eigenvalue weighted by atomic mass is 19.4. The van der Waals surface area contributed by atoms with E-state index >= 15 is 0 Å². The number of likely N-dealkylation sites (tertiary alicyclic amines) is 1. The van der Waals surface area contributed by atoms with Crippen molar-refractivity contribution in [2.75, 3.05) is 52.9 Å². The number of carboxylic acid groups (broad SMARTS) is 2. The molecule has 2 saturated heterocycles. The molecule has 2 fully saturated rings. The number of oxazole rings is 1. The van der Waals surface area contributed by atoms with E-state index in [0.717, 1.165) is 54.7 Å².